The number of piperazine rings is 1. The first-order valence-corrected chi connectivity index (χ1v) is 30.1. The van der Waals surface area contributed by atoms with Crippen LogP contribution in [0, 0.1) is 16.7 Å². The monoisotopic (exact) mass is 1130 g/mol. The van der Waals surface area contributed by atoms with Gasteiger partial charge in [0.15, 0.2) is 0 Å². The number of alkyl halides is 3. The second-order valence-corrected chi connectivity index (χ2v) is 26.1. The van der Waals surface area contributed by atoms with Crippen LogP contribution in [0.2, 0.25) is 0 Å². The molecule has 3 N–H and O–H groups in total. The number of methoxy groups -OCH3 is 1. The van der Waals surface area contributed by atoms with Crippen LogP contribution in [0.3, 0.4) is 0 Å². The molecule has 10 heterocycles. The van der Waals surface area contributed by atoms with Crippen molar-refractivity contribution in [3.8, 4) is 11.3 Å². The first-order chi connectivity index (χ1) is 38.4. The molecule has 6 saturated heterocycles. The molecular formula is C58H78F3N11O7S. The number of hydrogen-bond donors (Lipinski definition) is 3. The zero-order valence-electron chi connectivity index (χ0n) is 46.7. The molecule has 3 amide bonds. The van der Waals surface area contributed by atoms with Crippen molar-refractivity contribution < 1.29 is 46.6 Å². The van der Waals surface area contributed by atoms with Crippen LogP contribution in [-0.2, 0) is 52.8 Å². The fourth-order valence-corrected chi connectivity index (χ4v) is 15.3. The molecule has 3 aromatic rings. The van der Waals surface area contributed by atoms with Gasteiger partial charge in [-0.3, -0.25) is 43.9 Å². The molecule has 12 rings (SSSR count). The number of halogens is 3. The Morgan fingerprint density at radius 1 is 1.00 bits per heavy atom. The predicted molar refractivity (Wildman–Crippen MR) is 296 cm³/mol. The standard InChI is InChI=1S/C58H78F3N11O7S/c1-35(77-4)49-41(23-38(26-63-49)68-19-18-67-20-21-78-29-39(67)28-68)51-42-25-56(2,3)34-79-55(76)43-10-7-15-72(66-43)54(75)44(24-48-64-46(30-80-48)37-11-12-47(40(42)22-37)71(51)33-58(59,60)61)65-52(73)50(36-8-5-6-9-36)69-16-13-57(31-69)14-17-70(32-57)53(74)45-27-62-45/h11-12,22,26,30,35-36,38-39,43-45,50,62,66H,5-10,13-21,23-25,27-29,31-34H2,1-4H3,(H,65,73)/t35-,38+,39-,43-,44-,45+,50-,57-/m0/s1. The molecule has 1 aliphatic carbocycles. The van der Waals surface area contributed by atoms with Crippen LogP contribution < -0.4 is 16.1 Å². The molecule has 8 atom stereocenters. The zero-order valence-corrected chi connectivity index (χ0v) is 47.5. The number of amides is 3. The summed E-state index contributed by atoms with van der Waals surface area (Å²) in [5.74, 6) is -0.859. The Bertz CT molecular complexity index is 2920. The van der Waals surface area contributed by atoms with Gasteiger partial charge in [0.1, 0.15) is 18.6 Å². The molecule has 1 aromatic carbocycles. The topological polar surface area (TPSA) is 188 Å². The number of aliphatic imine (C=N–C) groups is 1. The van der Waals surface area contributed by atoms with E-state index in [0.717, 1.165) is 77.8 Å². The Morgan fingerprint density at radius 2 is 1.80 bits per heavy atom. The largest absolute Gasteiger partial charge is 0.464 e. The normalized spacial score (nSPS) is 30.0. The molecule has 18 nitrogen and oxygen atoms in total. The van der Waals surface area contributed by atoms with Crippen LogP contribution in [0.5, 0.6) is 0 Å². The summed E-state index contributed by atoms with van der Waals surface area (Å²) in [6.07, 6.45) is 4.08. The number of cyclic esters (lactones) is 1. The van der Waals surface area contributed by atoms with Crippen molar-refractivity contribution in [2.75, 3.05) is 92.4 Å². The Labute approximate surface area is 470 Å². The summed E-state index contributed by atoms with van der Waals surface area (Å²) >= 11 is 1.36. The number of morpholine rings is 1. The minimum Gasteiger partial charge on any atom is -0.464 e. The number of nitrogens with zero attached hydrogens (tertiary/aromatic N) is 8. The van der Waals surface area contributed by atoms with Crippen LogP contribution in [0.1, 0.15) is 94.8 Å². The maximum absolute atomic E-state index is 15.2. The molecular weight excluding hydrogens is 1050 g/mol. The minimum absolute atomic E-state index is 0.0571. The number of aromatic nitrogens is 2. The molecule has 7 fully saturated rings. The number of fused-ring (bicyclic) bond motifs is 7. The van der Waals surface area contributed by atoms with Crippen molar-refractivity contribution in [3.63, 3.8) is 0 Å². The fraction of sp³-hybridized carbons (Fsp3) is 0.690. The van der Waals surface area contributed by atoms with Gasteiger partial charge in [0.05, 0.1) is 60.1 Å². The van der Waals surface area contributed by atoms with E-state index in [4.69, 9.17) is 24.2 Å². The molecule has 2 aromatic heterocycles. The van der Waals surface area contributed by atoms with Crippen LogP contribution in [0.4, 0.5) is 13.2 Å². The predicted octanol–water partition coefficient (Wildman–Crippen LogP) is 5.04. The Morgan fingerprint density at radius 3 is 2.59 bits per heavy atom. The third kappa shape index (κ3) is 11.5. The SMILES string of the molecule is CO[C@@H](C)C1=C(c2c3c4cc(ccc4n2CC(F)(F)F)-c2csc(n2)C[C@H](NC(=O)[C@H](C2CCCC2)N2CC[C@]4(CCN(C(=O)[C@H]5CN5)C4)C2)C(=O)N2CCC[C@H](N2)C(=O)OCC(C)(C)C3)C[C@@H](N2CCN3CCOC[C@@H]3C2)C=N1. The highest BCUT2D eigenvalue weighted by molar-refractivity contribution is 7.10. The molecule has 22 heteroatoms. The summed E-state index contributed by atoms with van der Waals surface area (Å²) in [5.41, 5.74) is 6.37. The molecule has 80 heavy (non-hydrogen) atoms. The lowest BCUT2D eigenvalue weighted by molar-refractivity contribution is -0.155. The highest BCUT2D eigenvalue weighted by atomic mass is 32.1. The summed E-state index contributed by atoms with van der Waals surface area (Å²) in [7, 11) is 1.59. The van der Waals surface area contributed by atoms with Gasteiger partial charge >= 0.3 is 12.1 Å². The van der Waals surface area contributed by atoms with Crippen LogP contribution in [0.25, 0.3) is 27.7 Å². The summed E-state index contributed by atoms with van der Waals surface area (Å²) in [6.45, 7) is 12.9. The Balaban J connectivity index is 0.902. The smallest absolute Gasteiger partial charge is 0.406 e. The van der Waals surface area contributed by atoms with E-state index in [-0.39, 0.29) is 66.6 Å². The van der Waals surface area contributed by atoms with E-state index < -0.39 is 48.3 Å². The van der Waals surface area contributed by atoms with Gasteiger partial charge in [0.2, 0.25) is 11.8 Å². The molecule has 434 valence electrons. The number of thiazole rings is 1. The maximum atomic E-state index is 15.2. The van der Waals surface area contributed by atoms with Gasteiger partial charge in [0.25, 0.3) is 5.91 Å². The van der Waals surface area contributed by atoms with Gasteiger partial charge < -0.3 is 34.3 Å². The minimum atomic E-state index is -4.59. The van der Waals surface area contributed by atoms with Gasteiger partial charge in [-0.15, -0.1) is 11.3 Å². The number of ether oxygens (including phenoxy) is 3. The summed E-state index contributed by atoms with van der Waals surface area (Å²) in [4.78, 5) is 76.8. The van der Waals surface area contributed by atoms with Gasteiger partial charge in [-0.25, -0.2) is 10.4 Å². The molecule has 6 bridgehead atoms. The van der Waals surface area contributed by atoms with E-state index in [1.54, 1.807) is 13.2 Å². The van der Waals surface area contributed by atoms with Gasteiger partial charge in [-0.2, -0.15) is 13.2 Å². The van der Waals surface area contributed by atoms with Crippen molar-refractivity contribution in [1.29, 1.82) is 0 Å². The number of nitrogens with one attached hydrogen (secondary N) is 3. The fourth-order valence-electron chi connectivity index (χ4n) is 14.5. The average molecular weight is 1130 g/mol. The molecule has 9 aliphatic rings. The molecule has 1 saturated carbocycles. The van der Waals surface area contributed by atoms with Crippen LogP contribution in [0.15, 0.2) is 34.3 Å². The second-order valence-electron chi connectivity index (χ2n) is 25.1. The Kier molecular flexibility index (Phi) is 15.6. The van der Waals surface area contributed by atoms with Crippen molar-refractivity contribution >= 4 is 57.7 Å². The van der Waals surface area contributed by atoms with Gasteiger partial charge in [-0.1, -0.05) is 32.8 Å². The third-order valence-corrected chi connectivity index (χ3v) is 19.7. The third-order valence-electron chi connectivity index (χ3n) is 18.8. The molecule has 1 spiro atoms. The molecule has 0 unspecified atom stereocenters. The number of hydrogen-bond acceptors (Lipinski definition) is 15. The number of carbonyl (C=O) groups is 4. The van der Waals surface area contributed by atoms with Gasteiger partial charge in [0, 0.05) is 129 Å². The average Bonchev–Trinajstić information content (AvgIpc) is 4.14. The van der Waals surface area contributed by atoms with Crippen LogP contribution in [-0.4, -0.2) is 205 Å². The number of rotatable bonds is 10. The molecule has 8 aliphatic heterocycles. The van der Waals surface area contributed by atoms with Crippen molar-refractivity contribution in [2.24, 2.45) is 21.7 Å². The van der Waals surface area contributed by atoms with Crippen molar-refractivity contribution in [2.45, 2.75) is 146 Å². The second kappa shape index (κ2) is 22.4. The van der Waals surface area contributed by atoms with E-state index >= 15 is 22.8 Å². The highest BCUT2D eigenvalue weighted by Crippen LogP contribution is 2.45. The van der Waals surface area contributed by atoms with E-state index in [0.29, 0.717) is 108 Å². The number of likely N-dealkylation sites (tertiary alicyclic amines) is 2. The molecule has 0 radical (unpaired) electrons. The quantitative estimate of drug-likeness (QED) is 0.181. The number of hydrazine groups is 1. The lowest BCUT2D eigenvalue weighted by Gasteiger charge is -2.46. The highest BCUT2D eigenvalue weighted by Gasteiger charge is 2.51. The first kappa shape index (κ1) is 55.7. The lowest BCUT2D eigenvalue weighted by atomic mass is 9.83. The van der Waals surface area contributed by atoms with Crippen LogP contribution >= 0.6 is 11.3 Å². The Hall–Kier alpha value is -4.81. The van der Waals surface area contributed by atoms with Crippen molar-refractivity contribution in [1.82, 2.24) is 50.2 Å². The summed E-state index contributed by atoms with van der Waals surface area (Å²) < 4.78 is 65.1. The maximum Gasteiger partial charge on any atom is 0.406 e. The number of benzene rings is 1. The van der Waals surface area contributed by atoms with E-state index in [1.807, 2.05) is 49.4 Å². The summed E-state index contributed by atoms with van der Waals surface area (Å²) in [6, 6.07) is 3.05. The van der Waals surface area contributed by atoms with E-state index in [9.17, 15) is 9.59 Å². The zero-order chi connectivity index (χ0) is 55.7. The lowest BCUT2D eigenvalue weighted by Crippen LogP contribution is -2.62. The van der Waals surface area contributed by atoms with E-state index in [1.165, 1.54) is 20.9 Å². The number of esters is 1. The van der Waals surface area contributed by atoms with Crippen molar-refractivity contribution in [3.05, 3.63) is 45.5 Å². The first-order valence-electron chi connectivity index (χ1n) is 29.3. The van der Waals surface area contributed by atoms with Gasteiger partial charge in [-0.05, 0) is 88.4 Å². The number of carbonyl (C=O) groups excluding carboxylic acids is 4. The summed E-state index contributed by atoms with van der Waals surface area (Å²) in [5, 5.41) is 11.0. The van der Waals surface area contributed by atoms with E-state index in [2.05, 4.69) is 30.8 Å².